The van der Waals surface area contributed by atoms with Crippen LogP contribution in [0.3, 0.4) is 0 Å². The number of anilines is 1. The molecular formula is C25H20FN3O7. The minimum Gasteiger partial charge on any atom is -0.443 e. The molecule has 1 aliphatic heterocycles. The van der Waals surface area contributed by atoms with E-state index < -0.39 is 50.1 Å². The van der Waals surface area contributed by atoms with Crippen LogP contribution in [-0.2, 0) is 14.9 Å². The van der Waals surface area contributed by atoms with Crippen molar-refractivity contribution in [2.75, 3.05) is 4.90 Å². The fourth-order valence-electron chi connectivity index (χ4n) is 4.36. The number of imide groups is 1. The third kappa shape index (κ3) is 3.84. The van der Waals surface area contributed by atoms with E-state index in [-0.39, 0.29) is 22.4 Å². The summed E-state index contributed by atoms with van der Waals surface area (Å²) in [6.45, 7) is 4.85. The number of ether oxygens (including phenoxy) is 1. The van der Waals surface area contributed by atoms with Gasteiger partial charge >= 0.3 is 6.09 Å². The van der Waals surface area contributed by atoms with Crippen molar-refractivity contribution in [1.82, 2.24) is 0 Å². The highest BCUT2D eigenvalue weighted by atomic mass is 19.1. The maximum Gasteiger partial charge on any atom is 0.421 e. The lowest BCUT2D eigenvalue weighted by molar-refractivity contribution is -0.394. The number of carbonyl (C=O) groups is 2. The predicted octanol–water partition coefficient (Wildman–Crippen LogP) is 5.26. The van der Waals surface area contributed by atoms with Crippen LogP contribution in [0, 0.1) is 26.0 Å². The van der Waals surface area contributed by atoms with Crippen LogP contribution in [-0.4, -0.2) is 27.4 Å². The van der Waals surface area contributed by atoms with Crippen molar-refractivity contribution < 1.29 is 28.6 Å². The summed E-state index contributed by atoms with van der Waals surface area (Å²) in [6.07, 6.45) is -1.01. The van der Waals surface area contributed by atoms with E-state index in [2.05, 4.69) is 0 Å². The quantitative estimate of drug-likeness (QED) is 0.358. The van der Waals surface area contributed by atoms with Gasteiger partial charge in [0.05, 0.1) is 27.2 Å². The molecule has 0 radical (unpaired) electrons. The van der Waals surface area contributed by atoms with Gasteiger partial charge in [0.2, 0.25) is 0 Å². The molecule has 0 saturated heterocycles. The van der Waals surface area contributed by atoms with Crippen molar-refractivity contribution in [3.8, 4) is 0 Å². The molecule has 0 unspecified atom stereocenters. The summed E-state index contributed by atoms with van der Waals surface area (Å²) in [5.41, 5.74) is -3.99. The minimum absolute atomic E-state index is 0.119. The Kier molecular flexibility index (Phi) is 5.79. The summed E-state index contributed by atoms with van der Waals surface area (Å²) in [4.78, 5) is 50.1. The standard InChI is InChI=1S/C25H20FN3O7/c1-24(2,3)36-23(31)27-20-7-5-4-6-18(20)25(22(27)30,15-8-10-16(26)11-9-15)19-13-12-17(28(32)33)14-21(19)29(34)35/h4-14H,1-3H3/t25-/m0/s1. The number of carbonyl (C=O) groups excluding carboxylic acids is 2. The summed E-state index contributed by atoms with van der Waals surface area (Å²) >= 11 is 0. The van der Waals surface area contributed by atoms with Crippen LogP contribution >= 0.6 is 0 Å². The zero-order chi connectivity index (χ0) is 26.4. The van der Waals surface area contributed by atoms with Crippen LogP contribution in [0.15, 0.2) is 66.7 Å². The van der Waals surface area contributed by atoms with E-state index in [0.717, 1.165) is 35.2 Å². The zero-order valence-corrected chi connectivity index (χ0v) is 19.4. The van der Waals surface area contributed by atoms with Gasteiger partial charge in [-0.2, -0.15) is 0 Å². The lowest BCUT2D eigenvalue weighted by Gasteiger charge is -2.30. The number of para-hydroxylation sites is 1. The van der Waals surface area contributed by atoms with Crippen LogP contribution in [0.2, 0.25) is 0 Å². The van der Waals surface area contributed by atoms with Crippen molar-refractivity contribution >= 4 is 29.1 Å². The van der Waals surface area contributed by atoms with E-state index in [9.17, 15) is 34.2 Å². The number of benzene rings is 3. The molecule has 0 saturated carbocycles. The van der Waals surface area contributed by atoms with Crippen LogP contribution in [0.25, 0.3) is 0 Å². The second kappa shape index (κ2) is 8.52. The molecule has 0 aromatic heterocycles. The molecule has 0 aliphatic carbocycles. The highest BCUT2D eigenvalue weighted by molar-refractivity contribution is 6.24. The Morgan fingerprint density at radius 1 is 0.944 bits per heavy atom. The Bertz CT molecular complexity index is 1420. The molecular weight excluding hydrogens is 473 g/mol. The van der Waals surface area contributed by atoms with Gasteiger partial charge in [0, 0.05) is 11.6 Å². The van der Waals surface area contributed by atoms with Crippen LogP contribution in [0.4, 0.5) is 26.2 Å². The van der Waals surface area contributed by atoms with Crippen LogP contribution in [0.5, 0.6) is 0 Å². The first kappa shape index (κ1) is 24.5. The van der Waals surface area contributed by atoms with Crippen molar-refractivity contribution in [2.24, 2.45) is 0 Å². The monoisotopic (exact) mass is 493 g/mol. The van der Waals surface area contributed by atoms with Crippen LogP contribution in [0.1, 0.15) is 37.5 Å². The highest BCUT2D eigenvalue weighted by Crippen LogP contribution is 2.53. The molecule has 10 nitrogen and oxygen atoms in total. The SMILES string of the molecule is CC(C)(C)OC(=O)N1C(=O)[C@](c2ccc(F)cc2)(c2ccc([N+](=O)[O-])cc2[N+](=O)[O-])c2ccccc21. The molecule has 1 atom stereocenters. The molecule has 3 aromatic rings. The number of hydrogen-bond donors (Lipinski definition) is 0. The molecule has 4 rings (SSSR count). The van der Waals surface area contributed by atoms with E-state index in [0.29, 0.717) is 0 Å². The fraction of sp³-hybridized carbons (Fsp3) is 0.200. The minimum atomic E-state index is -2.00. The Balaban J connectivity index is 2.11. The average Bonchev–Trinajstić information content (AvgIpc) is 3.06. The van der Waals surface area contributed by atoms with Gasteiger partial charge in [-0.05, 0) is 50.6 Å². The summed E-state index contributed by atoms with van der Waals surface area (Å²) < 4.78 is 19.3. The Morgan fingerprint density at radius 3 is 2.17 bits per heavy atom. The smallest absolute Gasteiger partial charge is 0.421 e. The largest absolute Gasteiger partial charge is 0.443 e. The number of hydrogen-bond acceptors (Lipinski definition) is 7. The van der Waals surface area contributed by atoms with E-state index in [1.165, 1.54) is 24.3 Å². The second-order valence-corrected chi connectivity index (χ2v) is 9.11. The Hall–Kier alpha value is -4.67. The van der Waals surface area contributed by atoms with Gasteiger partial charge in [0.25, 0.3) is 17.3 Å². The normalized spacial score (nSPS) is 17.0. The summed E-state index contributed by atoms with van der Waals surface area (Å²) in [5.74, 6) is -1.52. The topological polar surface area (TPSA) is 133 Å². The number of amides is 2. The van der Waals surface area contributed by atoms with Crippen molar-refractivity contribution in [2.45, 2.75) is 31.8 Å². The lowest BCUT2D eigenvalue weighted by Crippen LogP contribution is -2.46. The molecule has 2 amide bonds. The van der Waals surface area contributed by atoms with E-state index in [4.69, 9.17) is 4.74 Å². The Labute approximate surface area is 204 Å². The zero-order valence-electron chi connectivity index (χ0n) is 19.4. The predicted molar refractivity (Wildman–Crippen MR) is 126 cm³/mol. The maximum absolute atomic E-state index is 14.3. The van der Waals surface area contributed by atoms with E-state index >= 15 is 0 Å². The van der Waals surface area contributed by atoms with E-state index in [1.54, 1.807) is 32.9 Å². The van der Waals surface area contributed by atoms with Gasteiger partial charge < -0.3 is 4.74 Å². The highest BCUT2D eigenvalue weighted by Gasteiger charge is 2.58. The van der Waals surface area contributed by atoms with Crippen molar-refractivity contribution in [1.29, 1.82) is 0 Å². The molecule has 0 fully saturated rings. The third-order valence-corrected chi connectivity index (χ3v) is 5.72. The molecule has 3 aromatic carbocycles. The van der Waals surface area contributed by atoms with Gasteiger partial charge in [-0.1, -0.05) is 30.3 Å². The molecule has 0 bridgehead atoms. The van der Waals surface area contributed by atoms with Gasteiger partial charge in [-0.15, -0.1) is 0 Å². The number of nitro benzene ring substituents is 2. The molecule has 184 valence electrons. The number of rotatable bonds is 4. The van der Waals surface area contributed by atoms with Gasteiger partial charge in [0.1, 0.15) is 16.8 Å². The number of non-ortho nitro benzene ring substituents is 1. The maximum atomic E-state index is 14.3. The number of fused-ring (bicyclic) bond motifs is 1. The molecule has 36 heavy (non-hydrogen) atoms. The van der Waals surface area contributed by atoms with Crippen LogP contribution < -0.4 is 4.90 Å². The molecule has 1 aliphatic rings. The number of nitrogens with zero attached hydrogens (tertiary/aromatic N) is 3. The van der Waals surface area contributed by atoms with Crippen molar-refractivity contribution in [3.63, 3.8) is 0 Å². The molecule has 11 heteroatoms. The fourth-order valence-corrected chi connectivity index (χ4v) is 4.36. The summed E-state index contributed by atoms with van der Waals surface area (Å²) in [6, 6.07) is 13.8. The number of halogens is 1. The Morgan fingerprint density at radius 2 is 1.58 bits per heavy atom. The molecule has 1 heterocycles. The first-order chi connectivity index (χ1) is 16.9. The van der Waals surface area contributed by atoms with Gasteiger partial charge in [-0.25, -0.2) is 14.1 Å². The second-order valence-electron chi connectivity index (χ2n) is 9.11. The lowest BCUT2D eigenvalue weighted by atomic mass is 9.69. The first-order valence-corrected chi connectivity index (χ1v) is 10.7. The van der Waals surface area contributed by atoms with Crippen molar-refractivity contribution in [3.05, 3.63) is 109 Å². The summed E-state index contributed by atoms with van der Waals surface area (Å²) in [5, 5.41) is 23.4. The van der Waals surface area contributed by atoms with E-state index in [1.807, 2.05) is 0 Å². The first-order valence-electron chi connectivity index (χ1n) is 10.7. The van der Waals surface area contributed by atoms with Gasteiger partial charge in [0.15, 0.2) is 0 Å². The summed E-state index contributed by atoms with van der Waals surface area (Å²) in [7, 11) is 0. The average molecular weight is 493 g/mol. The number of nitro groups is 2. The molecule has 0 N–H and O–H groups in total. The third-order valence-electron chi connectivity index (χ3n) is 5.72. The van der Waals surface area contributed by atoms with Gasteiger partial charge in [-0.3, -0.25) is 25.0 Å². The molecule has 0 spiro atoms.